The monoisotopic (exact) mass is 306 g/mol. The molecule has 0 bridgehead atoms. The molecular weight excluding hydrogens is 288 g/mol. The first-order chi connectivity index (χ1) is 11.3. The molecule has 0 fully saturated rings. The summed E-state index contributed by atoms with van der Waals surface area (Å²) in [6.45, 7) is -0.0232. The zero-order valence-corrected chi connectivity index (χ0v) is 12.8. The van der Waals surface area contributed by atoms with Crippen LogP contribution in [-0.2, 0) is 11.2 Å². The maximum Gasteiger partial charge on any atom is 0.258 e. The predicted octanol–water partition coefficient (Wildman–Crippen LogP) is 3.13. The third-order valence-corrected chi connectivity index (χ3v) is 4.06. The van der Waals surface area contributed by atoms with Gasteiger partial charge in [0, 0.05) is 0 Å². The molecule has 0 aliphatic heterocycles. The van der Waals surface area contributed by atoms with Crippen molar-refractivity contribution in [2.45, 2.75) is 25.3 Å². The third-order valence-electron chi connectivity index (χ3n) is 4.06. The summed E-state index contributed by atoms with van der Waals surface area (Å²) in [6.07, 6.45) is 3.11. The standard InChI is InChI=1S/C19H18N2O2/c20-12-14-8-10-16(11-9-14)23-13-19(22)21-18-7-3-5-15-4-1-2-6-17(15)18/h1-2,4,6,8-11,18H,3,5,7,13H2,(H,21,22)/t18-/m1/s1. The molecule has 0 saturated heterocycles. The SMILES string of the molecule is N#Cc1ccc(OCC(=O)N[C@@H]2CCCc3ccccc32)cc1. The Morgan fingerprint density at radius 2 is 2.00 bits per heavy atom. The highest BCUT2D eigenvalue weighted by atomic mass is 16.5. The van der Waals surface area contributed by atoms with E-state index in [0.717, 1.165) is 19.3 Å². The lowest BCUT2D eigenvalue weighted by Crippen LogP contribution is -2.34. The molecule has 2 aromatic carbocycles. The van der Waals surface area contributed by atoms with E-state index in [1.165, 1.54) is 11.1 Å². The number of nitrogens with zero attached hydrogens (tertiary/aromatic N) is 1. The third kappa shape index (κ3) is 3.70. The topological polar surface area (TPSA) is 62.1 Å². The van der Waals surface area contributed by atoms with Crippen LogP contribution in [0, 0.1) is 11.3 Å². The van der Waals surface area contributed by atoms with Crippen LogP contribution < -0.4 is 10.1 Å². The van der Waals surface area contributed by atoms with Gasteiger partial charge < -0.3 is 10.1 Å². The van der Waals surface area contributed by atoms with Crippen LogP contribution in [0.4, 0.5) is 0 Å². The Bertz CT molecular complexity index is 732. The molecule has 1 amide bonds. The van der Waals surface area contributed by atoms with Gasteiger partial charge in [-0.15, -0.1) is 0 Å². The molecule has 3 rings (SSSR count). The van der Waals surface area contributed by atoms with Crippen molar-refractivity contribution in [2.75, 3.05) is 6.61 Å². The number of nitriles is 1. The lowest BCUT2D eigenvalue weighted by molar-refractivity contribution is -0.123. The second-order valence-corrected chi connectivity index (χ2v) is 5.64. The summed E-state index contributed by atoms with van der Waals surface area (Å²) in [4.78, 5) is 12.1. The number of amides is 1. The normalized spacial score (nSPS) is 16.0. The Labute approximate surface area is 135 Å². The number of nitrogens with one attached hydrogen (secondary N) is 1. The Morgan fingerprint density at radius 3 is 2.78 bits per heavy atom. The van der Waals surface area contributed by atoms with Crippen molar-refractivity contribution < 1.29 is 9.53 Å². The molecule has 2 aromatic rings. The largest absolute Gasteiger partial charge is 0.484 e. The number of carbonyl (C=O) groups is 1. The van der Waals surface area contributed by atoms with Gasteiger partial charge in [-0.25, -0.2) is 0 Å². The Balaban J connectivity index is 1.57. The van der Waals surface area contributed by atoms with E-state index >= 15 is 0 Å². The van der Waals surface area contributed by atoms with Crippen LogP contribution in [0.25, 0.3) is 0 Å². The van der Waals surface area contributed by atoms with Crippen molar-refractivity contribution in [3.63, 3.8) is 0 Å². The smallest absolute Gasteiger partial charge is 0.258 e. The van der Waals surface area contributed by atoms with Gasteiger partial charge >= 0.3 is 0 Å². The van der Waals surface area contributed by atoms with E-state index in [4.69, 9.17) is 10.00 Å². The molecule has 4 nitrogen and oxygen atoms in total. The zero-order chi connectivity index (χ0) is 16.1. The minimum absolute atomic E-state index is 0.0232. The molecule has 4 heteroatoms. The van der Waals surface area contributed by atoms with Crippen LogP contribution >= 0.6 is 0 Å². The summed E-state index contributed by atoms with van der Waals surface area (Å²) < 4.78 is 5.48. The first-order valence-corrected chi connectivity index (χ1v) is 7.76. The van der Waals surface area contributed by atoms with Crippen molar-refractivity contribution in [2.24, 2.45) is 0 Å². The lowest BCUT2D eigenvalue weighted by Gasteiger charge is -2.26. The first-order valence-electron chi connectivity index (χ1n) is 7.76. The van der Waals surface area contributed by atoms with E-state index in [2.05, 4.69) is 17.4 Å². The summed E-state index contributed by atoms with van der Waals surface area (Å²) in [7, 11) is 0. The fraction of sp³-hybridized carbons (Fsp3) is 0.263. The Hall–Kier alpha value is -2.80. The van der Waals surface area contributed by atoms with Crippen molar-refractivity contribution >= 4 is 5.91 Å². The number of hydrogen-bond donors (Lipinski definition) is 1. The van der Waals surface area contributed by atoms with Crippen LogP contribution in [0.5, 0.6) is 5.75 Å². The molecule has 1 N–H and O–H groups in total. The first kappa shape index (κ1) is 15.1. The van der Waals surface area contributed by atoms with E-state index in [9.17, 15) is 4.79 Å². The summed E-state index contributed by atoms with van der Waals surface area (Å²) in [6, 6.07) is 17.1. The lowest BCUT2D eigenvalue weighted by atomic mass is 9.88. The van der Waals surface area contributed by atoms with Crippen LogP contribution in [0.3, 0.4) is 0 Å². The molecule has 0 heterocycles. The second-order valence-electron chi connectivity index (χ2n) is 5.64. The maximum atomic E-state index is 12.1. The highest BCUT2D eigenvalue weighted by Gasteiger charge is 2.21. The summed E-state index contributed by atoms with van der Waals surface area (Å²) in [5.41, 5.74) is 3.10. The molecule has 1 atom stereocenters. The van der Waals surface area contributed by atoms with Crippen LogP contribution in [0.15, 0.2) is 48.5 Å². The van der Waals surface area contributed by atoms with E-state index < -0.39 is 0 Å². The molecule has 0 radical (unpaired) electrons. The summed E-state index contributed by atoms with van der Waals surface area (Å²) in [5, 5.41) is 11.8. The number of fused-ring (bicyclic) bond motifs is 1. The van der Waals surface area contributed by atoms with Crippen molar-refractivity contribution in [3.05, 3.63) is 65.2 Å². The van der Waals surface area contributed by atoms with Gasteiger partial charge in [-0.05, 0) is 54.7 Å². The van der Waals surface area contributed by atoms with Crippen LogP contribution in [0.2, 0.25) is 0 Å². The average Bonchev–Trinajstić information content (AvgIpc) is 2.61. The van der Waals surface area contributed by atoms with E-state index in [0.29, 0.717) is 11.3 Å². The number of benzene rings is 2. The van der Waals surface area contributed by atoms with Gasteiger partial charge in [0.2, 0.25) is 0 Å². The molecule has 23 heavy (non-hydrogen) atoms. The number of ether oxygens (including phenoxy) is 1. The van der Waals surface area contributed by atoms with E-state index in [1.807, 2.05) is 18.2 Å². The number of hydrogen-bond acceptors (Lipinski definition) is 3. The van der Waals surface area contributed by atoms with Crippen LogP contribution in [-0.4, -0.2) is 12.5 Å². The molecule has 0 unspecified atom stereocenters. The second kappa shape index (κ2) is 6.97. The molecule has 0 aromatic heterocycles. The summed E-state index contributed by atoms with van der Waals surface area (Å²) >= 11 is 0. The fourth-order valence-corrected chi connectivity index (χ4v) is 2.91. The molecular formula is C19H18N2O2. The molecule has 0 saturated carbocycles. The highest BCUT2D eigenvalue weighted by Crippen LogP contribution is 2.29. The van der Waals surface area contributed by atoms with Crippen molar-refractivity contribution in [3.8, 4) is 11.8 Å². The number of aryl methyl sites for hydroxylation is 1. The van der Waals surface area contributed by atoms with Gasteiger partial charge in [0.15, 0.2) is 6.61 Å². The van der Waals surface area contributed by atoms with Crippen LogP contribution in [0.1, 0.15) is 35.6 Å². The van der Waals surface area contributed by atoms with Gasteiger partial charge in [0.05, 0.1) is 17.7 Å². The molecule has 1 aliphatic carbocycles. The molecule has 0 spiro atoms. The molecule has 116 valence electrons. The average molecular weight is 306 g/mol. The van der Waals surface area contributed by atoms with E-state index in [1.54, 1.807) is 24.3 Å². The molecule has 1 aliphatic rings. The zero-order valence-electron chi connectivity index (χ0n) is 12.8. The maximum absolute atomic E-state index is 12.1. The minimum atomic E-state index is -0.129. The number of rotatable bonds is 4. The van der Waals surface area contributed by atoms with Gasteiger partial charge in [-0.1, -0.05) is 24.3 Å². The predicted molar refractivity (Wildman–Crippen MR) is 86.9 cm³/mol. The van der Waals surface area contributed by atoms with Crippen molar-refractivity contribution in [1.82, 2.24) is 5.32 Å². The summed E-state index contributed by atoms with van der Waals surface area (Å²) in [5.74, 6) is 0.458. The Morgan fingerprint density at radius 1 is 1.22 bits per heavy atom. The quantitative estimate of drug-likeness (QED) is 0.944. The van der Waals surface area contributed by atoms with Gasteiger partial charge in [0.25, 0.3) is 5.91 Å². The minimum Gasteiger partial charge on any atom is -0.484 e. The van der Waals surface area contributed by atoms with E-state index in [-0.39, 0.29) is 18.6 Å². The van der Waals surface area contributed by atoms with Gasteiger partial charge in [-0.2, -0.15) is 5.26 Å². The highest BCUT2D eigenvalue weighted by molar-refractivity contribution is 5.78. The van der Waals surface area contributed by atoms with Crippen molar-refractivity contribution in [1.29, 1.82) is 5.26 Å². The number of carbonyl (C=O) groups excluding carboxylic acids is 1. The fourth-order valence-electron chi connectivity index (χ4n) is 2.91. The van der Waals surface area contributed by atoms with Gasteiger partial charge in [-0.3, -0.25) is 4.79 Å². The Kier molecular flexibility index (Phi) is 4.58. The van der Waals surface area contributed by atoms with Gasteiger partial charge in [0.1, 0.15) is 5.75 Å².